The molecule has 3 N–H and O–H groups in total. The van der Waals surface area contributed by atoms with Crippen LogP contribution in [0.4, 0.5) is 5.69 Å². The molecule has 146 valence electrons. The van der Waals surface area contributed by atoms with Crippen LogP contribution in [0.3, 0.4) is 0 Å². The van der Waals surface area contributed by atoms with Gasteiger partial charge in [-0.05, 0) is 30.3 Å². The van der Waals surface area contributed by atoms with Crippen molar-refractivity contribution in [1.82, 2.24) is 0 Å². The normalized spacial score (nSPS) is 13.1. The summed E-state index contributed by atoms with van der Waals surface area (Å²) < 4.78 is 21.4. The third-order valence-corrected chi connectivity index (χ3v) is 7.43. The first kappa shape index (κ1) is 20.5. The maximum absolute atomic E-state index is 13.5. The van der Waals surface area contributed by atoms with Gasteiger partial charge in [0.05, 0.1) is 21.2 Å². The van der Waals surface area contributed by atoms with Crippen LogP contribution in [0.1, 0.15) is 0 Å². The van der Waals surface area contributed by atoms with Gasteiger partial charge in [-0.2, -0.15) is 0 Å². The lowest BCUT2D eigenvalue weighted by Crippen LogP contribution is -2.13. The van der Waals surface area contributed by atoms with Crippen molar-refractivity contribution in [3.8, 4) is 5.75 Å². The van der Waals surface area contributed by atoms with Gasteiger partial charge >= 0.3 is 5.97 Å². The largest absolute Gasteiger partial charge is 0.506 e. The third kappa shape index (κ3) is 4.26. The van der Waals surface area contributed by atoms with Gasteiger partial charge in [-0.25, -0.2) is 8.57 Å². The molecule has 1 atom stereocenters. The van der Waals surface area contributed by atoms with Crippen molar-refractivity contribution in [2.24, 2.45) is 4.36 Å². The quantitative estimate of drug-likeness (QED) is 0.341. The van der Waals surface area contributed by atoms with Gasteiger partial charge in [0.2, 0.25) is 0 Å². The third-order valence-electron chi connectivity index (χ3n) is 3.97. The average molecular weight is 481 g/mol. The van der Waals surface area contributed by atoms with Gasteiger partial charge in [-0.15, -0.1) is 11.8 Å². The van der Waals surface area contributed by atoms with Crippen LogP contribution in [0.2, 0.25) is 0 Å². The molecular formula is C19H17BrN2O4S2. The van der Waals surface area contributed by atoms with Crippen molar-refractivity contribution in [1.29, 1.82) is 0 Å². The summed E-state index contributed by atoms with van der Waals surface area (Å²) in [5.41, 5.74) is 0.500. The Morgan fingerprint density at radius 1 is 1.18 bits per heavy atom. The van der Waals surface area contributed by atoms with Gasteiger partial charge in [0.15, 0.2) is 9.92 Å². The van der Waals surface area contributed by atoms with Gasteiger partial charge in [-0.1, -0.05) is 40.2 Å². The van der Waals surface area contributed by atoms with Gasteiger partial charge in [0.1, 0.15) is 5.75 Å². The van der Waals surface area contributed by atoms with Crippen molar-refractivity contribution in [3.63, 3.8) is 0 Å². The standard InChI is InChI=1S/C19H17BrN2O4S2/c1-21-28(26,13-8-6-12(20)7-9-13)22-16-10-17(27-11-18(23)24)19(25)15-5-3-2-4-14(15)16/h2-10,25H,11H2,1H3,(H,23,24)(H,21,22,26). The molecule has 0 saturated heterocycles. The molecule has 0 spiro atoms. The average Bonchev–Trinajstić information content (AvgIpc) is 2.69. The number of fused-ring (bicyclic) bond motifs is 1. The number of benzene rings is 3. The van der Waals surface area contributed by atoms with Crippen LogP contribution in [0, 0.1) is 0 Å². The highest BCUT2D eigenvalue weighted by Gasteiger charge is 2.17. The van der Waals surface area contributed by atoms with E-state index >= 15 is 0 Å². The van der Waals surface area contributed by atoms with E-state index in [1.165, 1.54) is 7.05 Å². The predicted molar refractivity (Wildman–Crippen MR) is 116 cm³/mol. The van der Waals surface area contributed by atoms with Crippen LogP contribution in [0.25, 0.3) is 10.8 Å². The maximum atomic E-state index is 13.5. The molecule has 3 rings (SSSR count). The number of anilines is 1. The molecule has 0 fully saturated rings. The van der Waals surface area contributed by atoms with E-state index in [1.807, 2.05) is 6.07 Å². The summed E-state index contributed by atoms with van der Waals surface area (Å²) in [5, 5.41) is 20.7. The van der Waals surface area contributed by atoms with Gasteiger partial charge in [-0.3, -0.25) is 9.52 Å². The molecule has 0 amide bonds. The van der Waals surface area contributed by atoms with E-state index in [1.54, 1.807) is 48.5 Å². The van der Waals surface area contributed by atoms with Crippen LogP contribution in [-0.4, -0.2) is 33.2 Å². The summed E-state index contributed by atoms with van der Waals surface area (Å²) in [6.07, 6.45) is 0. The van der Waals surface area contributed by atoms with E-state index in [-0.39, 0.29) is 11.5 Å². The first-order valence-electron chi connectivity index (χ1n) is 8.12. The van der Waals surface area contributed by atoms with E-state index in [2.05, 4.69) is 25.0 Å². The summed E-state index contributed by atoms with van der Waals surface area (Å²) in [6.45, 7) is 0. The zero-order valence-electron chi connectivity index (χ0n) is 14.8. The topological polar surface area (TPSA) is 99.0 Å². The Morgan fingerprint density at radius 3 is 2.43 bits per heavy atom. The second kappa shape index (κ2) is 8.42. The molecule has 3 aromatic rings. The molecule has 0 heterocycles. The Morgan fingerprint density at radius 2 is 1.82 bits per heavy atom. The van der Waals surface area contributed by atoms with Crippen LogP contribution in [0.5, 0.6) is 5.75 Å². The number of thioether (sulfide) groups is 1. The minimum absolute atomic E-state index is 0.00372. The minimum atomic E-state index is -2.98. The van der Waals surface area contributed by atoms with E-state index < -0.39 is 15.9 Å². The monoisotopic (exact) mass is 480 g/mol. The molecule has 0 saturated carbocycles. The Labute approximate surface area is 175 Å². The maximum Gasteiger partial charge on any atom is 0.313 e. The van der Waals surface area contributed by atoms with Crippen LogP contribution in [-0.2, 0) is 14.7 Å². The SMILES string of the molecule is CN=S(=O)(Nc1cc(SCC(=O)O)c(O)c2ccccc12)c1ccc(Br)cc1. The lowest BCUT2D eigenvalue weighted by molar-refractivity contribution is -0.133. The summed E-state index contributed by atoms with van der Waals surface area (Å²) in [4.78, 5) is 11.8. The highest BCUT2D eigenvalue weighted by atomic mass is 79.9. The number of carboxylic acids is 1. The molecule has 0 aliphatic heterocycles. The zero-order chi connectivity index (χ0) is 20.3. The van der Waals surface area contributed by atoms with Gasteiger partial charge < -0.3 is 10.2 Å². The lowest BCUT2D eigenvalue weighted by atomic mass is 10.1. The van der Waals surface area contributed by atoms with Crippen LogP contribution < -0.4 is 4.72 Å². The molecule has 0 aromatic heterocycles. The highest BCUT2D eigenvalue weighted by molar-refractivity contribution is 9.10. The number of phenolic OH excluding ortho intramolecular Hbond substituents is 1. The molecule has 9 heteroatoms. The number of hydrogen-bond acceptors (Lipinski definition) is 5. The first-order valence-corrected chi connectivity index (χ1v) is 11.4. The number of phenols is 1. The second-order valence-corrected chi connectivity index (χ2v) is 9.79. The Kier molecular flexibility index (Phi) is 6.17. The van der Waals surface area contributed by atoms with Gasteiger partial charge in [0, 0.05) is 22.3 Å². The fraction of sp³-hybridized carbons (Fsp3) is 0.105. The van der Waals surface area contributed by atoms with Crippen LogP contribution in [0.15, 0.2) is 73.2 Å². The molecule has 28 heavy (non-hydrogen) atoms. The number of rotatable bonds is 6. The number of nitrogens with one attached hydrogen (secondary N) is 1. The number of carbonyl (C=O) groups is 1. The Hall–Kier alpha value is -2.23. The van der Waals surface area contributed by atoms with Crippen molar-refractivity contribution in [2.75, 3.05) is 17.5 Å². The van der Waals surface area contributed by atoms with E-state index in [9.17, 15) is 14.1 Å². The summed E-state index contributed by atoms with van der Waals surface area (Å²) in [7, 11) is -1.51. The second-order valence-electron chi connectivity index (χ2n) is 5.76. The molecule has 6 nitrogen and oxygen atoms in total. The number of hydrogen-bond donors (Lipinski definition) is 3. The van der Waals surface area contributed by atoms with Crippen LogP contribution >= 0.6 is 27.7 Å². The molecule has 0 bridgehead atoms. The fourth-order valence-electron chi connectivity index (χ4n) is 2.65. The van der Waals surface area contributed by atoms with Crippen molar-refractivity contribution in [3.05, 3.63) is 59.1 Å². The minimum Gasteiger partial charge on any atom is -0.506 e. The molecular weight excluding hydrogens is 464 g/mol. The highest BCUT2D eigenvalue weighted by Crippen LogP contribution is 2.40. The van der Waals surface area contributed by atoms with Crippen molar-refractivity contribution >= 4 is 60.0 Å². The molecule has 0 aliphatic rings. The number of carboxylic acid groups (broad SMARTS) is 1. The zero-order valence-corrected chi connectivity index (χ0v) is 18.0. The van der Waals surface area contributed by atoms with Gasteiger partial charge in [0.25, 0.3) is 0 Å². The smallest absolute Gasteiger partial charge is 0.313 e. The predicted octanol–water partition coefficient (Wildman–Crippen LogP) is 4.97. The lowest BCUT2D eigenvalue weighted by Gasteiger charge is -2.17. The number of aromatic hydroxyl groups is 1. The molecule has 0 radical (unpaired) electrons. The number of nitrogens with zero attached hydrogens (tertiary/aromatic N) is 1. The number of halogens is 1. The Bertz CT molecular complexity index is 1160. The Balaban J connectivity index is 2.13. The summed E-state index contributed by atoms with van der Waals surface area (Å²) >= 11 is 4.35. The summed E-state index contributed by atoms with van der Waals surface area (Å²) in [5.74, 6) is -1.20. The number of aliphatic carboxylic acids is 1. The van der Waals surface area contributed by atoms with E-state index in [0.717, 1.165) is 16.2 Å². The van der Waals surface area contributed by atoms with Crippen molar-refractivity contribution < 1.29 is 19.2 Å². The summed E-state index contributed by atoms with van der Waals surface area (Å²) in [6, 6.07) is 15.7. The molecule has 1 unspecified atom stereocenters. The van der Waals surface area contributed by atoms with E-state index in [0.29, 0.717) is 26.3 Å². The molecule has 3 aromatic carbocycles. The van der Waals surface area contributed by atoms with E-state index in [4.69, 9.17) is 5.11 Å². The van der Waals surface area contributed by atoms with Crippen molar-refractivity contribution in [2.45, 2.75) is 9.79 Å². The first-order chi connectivity index (χ1) is 13.3. The fourth-order valence-corrected chi connectivity index (χ4v) is 5.03. The molecule has 0 aliphatic carbocycles.